The normalized spacial score (nSPS) is 12.3. The lowest BCUT2D eigenvalue weighted by Crippen LogP contribution is -2.01. The van der Waals surface area contributed by atoms with Crippen molar-refractivity contribution in [3.8, 4) is 0 Å². The van der Waals surface area contributed by atoms with Gasteiger partial charge in [-0.2, -0.15) is 0 Å². The smallest absolute Gasteiger partial charge is 0.0618 e. The first kappa shape index (κ1) is 9.84. The first-order chi connectivity index (χ1) is 7.36. The molecule has 0 N–H and O–H groups in total. The first-order valence-corrected chi connectivity index (χ1v) is 5.16. The summed E-state index contributed by atoms with van der Waals surface area (Å²) in [5.41, 5.74) is 2.40. The summed E-state index contributed by atoms with van der Waals surface area (Å²) in [6.45, 7) is 2.18. The van der Waals surface area contributed by atoms with Gasteiger partial charge in [0, 0.05) is 24.5 Å². The van der Waals surface area contributed by atoms with Crippen LogP contribution < -0.4 is 0 Å². The third-order valence-electron chi connectivity index (χ3n) is 2.47. The largest absolute Gasteiger partial charge is 0.261 e. The van der Waals surface area contributed by atoms with E-state index >= 15 is 0 Å². The highest BCUT2D eigenvalue weighted by Crippen LogP contribution is 2.16. The third-order valence-corrected chi connectivity index (χ3v) is 2.47. The highest BCUT2D eigenvalue weighted by molar-refractivity contribution is 5.18. The summed E-state index contributed by atoms with van der Waals surface area (Å²) in [4.78, 5) is 8.40. The van der Waals surface area contributed by atoms with Crippen molar-refractivity contribution in [3.05, 3.63) is 60.2 Å². The van der Waals surface area contributed by atoms with Crippen molar-refractivity contribution < 1.29 is 0 Å². The van der Waals surface area contributed by atoms with Crippen LogP contribution in [-0.4, -0.2) is 9.97 Å². The van der Waals surface area contributed by atoms with Crippen LogP contribution in [0.15, 0.2) is 48.9 Å². The van der Waals surface area contributed by atoms with Gasteiger partial charge in [0.1, 0.15) is 0 Å². The first-order valence-electron chi connectivity index (χ1n) is 5.16. The van der Waals surface area contributed by atoms with Gasteiger partial charge in [-0.3, -0.25) is 9.97 Å². The molecule has 0 spiro atoms. The second kappa shape index (κ2) is 4.69. The van der Waals surface area contributed by atoms with E-state index < -0.39 is 0 Å². The minimum Gasteiger partial charge on any atom is -0.261 e. The Kier molecular flexibility index (Phi) is 3.08. The number of aromatic nitrogens is 2. The van der Waals surface area contributed by atoms with Crippen molar-refractivity contribution in [1.82, 2.24) is 9.97 Å². The molecule has 2 aromatic rings. The number of hydrogen-bond acceptors (Lipinski definition) is 2. The molecule has 1 heterocycles. The molecule has 76 valence electrons. The van der Waals surface area contributed by atoms with Crippen LogP contribution in [0.1, 0.15) is 24.1 Å². The van der Waals surface area contributed by atoms with Crippen LogP contribution in [-0.2, 0) is 6.42 Å². The lowest BCUT2D eigenvalue weighted by Gasteiger charge is -2.09. The Bertz CT molecular complexity index is 397. The lowest BCUT2D eigenvalue weighted by atomic mass is 9.98. The van der Waals surface area contributed by atoms with Gasteiger partial charge in [-0.1, -0.05) is 37.3 Å². The average Bonchev–Trinajstić information content (AvgIpc) is 2.31. The maximum Gasteiger partial charge on any atom is 0.0618 e. The Labute approximate surface area is 90.0 Å². The molecule has 0 amide bonds. The summed E-state index contributed by atoms with van der Waals surface area (Å²) < 4.78 is 0. The Hall–Kier alpha value is -1.70. The van der Waals surface area contributed by atoms with E-state index in [1.54, 1.807) is 12.4 Å². The summed E-state index contributed by atoms with van der Waals surface area (Å²) in [5.74, 6) is 0.418. The van der Waals surface area contributed by atoms with Gasteiger partial charge in [-0.05, 0) is 12.0 Å². The second-order valence-corrected chi connectivity index (χ2v) is 3.72. The molecule has 2 rings (SSSR count). The van der Waals surface area contributed by atoms with Crippen LogP contribution in [0, 0.1) is 0 Å². The summed E-state index contributed by atoms with van der Waals surface area (Å²) >= 11 is 0. The van der Waals surface area contributed by atoms with E-state index in [0.29, 0.717) is 5.92 Å². The van der Waals surface area contributed by atoms with E-state index in [9.17, 15) is 0 Å². The molecule has 0 aliphatic rings. The van der Waals surface area contributed by atoms with Crippen LogP contribution in [0.5, 0.6) is 0 Å². The van der Waals surface area contributed by atoms with E-state index in [0.717, 1.165) is 12.1 Å². The van der Waals surface area contributed by atoms with Gasteiger partial charge in [0.2, 0.25) is 0 Å². The zero-order valence-corrected chi connectivity index (χ0v) is 8.80. The summed E-state index contributed by atoms with van der Waals surface area (Å²) in [6, 6.07) is 10.5. The van der Waals surface area contributed by atoms with Gasteiger partial charge in [0.05, 0.1) is 5.69 Å². The molecule has 1 atom stereocenters. The highest BCUT2D eigenvalue weighted by Gasteiger charge is 2.07. The zero-order valence-electron chi connectivity index (χ0n) is 8.80. The van der Waals surface area contributed by atoms with E-state index in [4.69, 9.17) is 0 Å². The second-order valence-electron chi connectivity index (χ2n) is 3.72. The Morgan fingerprint density at radius 2 is 1.93 bits per heavy atom. The molecular formula is C13H14N2. The fourth-order valence-electron chi connectivity index (χ4n) is 1.64. The molecule has 2 heteroatoms. The Balaban J connectivity index is 2.08. The van der Waals surface area contributed by atoms with E-state index in [-0.39, 0.29) is 0 Å². The molecule has 0 fully saturated rings. The molecule has 15 heavy (non-hydrogen) atoms. The van der Waals surface area contributed by atoms with Crippen molar-refractivity contribution in [1.29, 1.82) is 0 Å². The average molecular weight is 198 g/mol. The zero-order chi connectivity index (χ0) is 10.5. The molecule has 0 radical (unpaired) electrons. The van der Waals surface area contributed by atoms with Crippen LogP contribution >= 0.6 is 0 Å². The van der Waals surface area contributed by atoms with Crippen molar-refractivity contribution in [2.45, 2.75) is 19.3 Å². The molecule has 1 aromatic carbocycles. The minimum atomic E-state index is 0.418. The maximum atomic E-state index is 4.31. The number of nitrogens with zero attached hydrogens (tertiary/aromatic N) is 2. The molecule has 0 bridgehead atoms. The van der Waals surface area contributed by atoms with Crippen molar-refractivity contribution in [2.75, 3.05) is 0 Å². The van der Waals surface area contributed by atoms with Gasteiger partial charge in [0.25, 0.3) is 0 Å². The number of benzene rings is 1. The topological polar surface area (TPSA) is 25.8 Å². The van der Waals surface area contributed by atoms with Gasteiger partial charge in [0.15, 0.2) is 0 Å². The van der Waals surface area contributed by atoms with Crippen LogP contribution in [0.25, 0.3) is 0 Å². The number of rotatable bonds is 3. The molecule has 1 unspecified atom stereocenters. The summed E-state index contributed by atoms with van der Waals surface area (Å²) in [5, 5.41) is 0. The van der Waals surface area contributed by atoms with Crippen molar-refractivity contribution >= 4 is 0 Å². The van der Waals surface area contributed by atoms with E-state index in [2.05, 4.69) is 41.2 Å². The molecule has 2 nitrogen and oxygen atoms in total. The summed E-state index contributed by atoms with van der Waals surface area (Å²) in [7, 11) is 0. The fraction of sp³-hybridized carbons (Fsp3) is 0.231. The SMILES string of the molecule is CC(Cc1ccccc1)c1cnccn1. The molecule has 0 saturated heterocycles. The van der Waals surface area contributed by atoms with E-state index in [1.807, 2.05) is 12.3 Å². The predicted molar refractivity (Wildman–Crippen MR) is 60.6 cm³/mol. The van der Waals surface area contributed by atoms with Gasteiger partial charge in [-0.25, -0.2) is 0 Å². The van der Waals surface area contributed by atoms with Crippen LogP contribution in [0.2, 0.25) is 0 Å². The fourth-order valence-corrected chi connectivity index (χ4v) is 1.64. The van der Waals surface area contributed by atoms with Gasteiger partial charge in [-0.15, -0.1) is 0 Å². The van der Waals surface area contributed by atoms with E-state index in [1.165, 1.54) is 5.56 Å². The quantitative estimate of drug-likeness (QED) is 0.757. The van der Waals surface area contributed by atoms with Crippen molar-refractivity contribution in [2.24, 2.45) is 0 Å². The summed E-state index contributed by atoms with van der Waals surface area (Å²) in [6.07, 6.45) is 6.31. The lowest BCUT2D eigenvalue weighted by molar-refractivity contribution is 0.724. The minimum absolute atomic E-state index is 0.418. The Morgan fingerprint density at radius 1 is 1.13 bits per heavy atom. The molecule has 0 aliphatic carbocycles. The van der Waals surface area contributed by atoms with Crippen LogP contribution in [0.4, 0.5) is 0 Å². The number of hydrogen-bond donors (Lipinski definition) is 0. The van der Waals surface area contributed by atoms with Crippen molar-refractivity contribution in [3.63, 3.8) is 0 Å². The third kappa shape index (κ3) is 2.62. The molecular weight excluding hydrogens is 184 g/mol. The Morgan fingerprint density at radius 3 is 2.60 bits per heavy atom. The predicted octanol–water partition coefficient (Wildman–Crippen LogP) is 2.82. The monoisotopic (exact) mass is 198 g/mol. The highest BCUT2D eigenvalue weighted by atomic mass is 14.8. The molecule has 0 saturated carbocycles. The van der Waals surface area contributed by atoms with Gasteiger partial charge >= 0.3 is 0 Å². The van der Waals surface area contributed by atoms with Gasteiger partial charge < -0.3 is 0 Å². The molecule has 0 aliphatic heterocycles. The van der Waals surface area contributed by atoms with Crippen LogP contribution in [0.3, 0.4) is 0 Å². The molecule has 1 aromatic heterocycles. The standard InChI is InChI=1S/C13H14N2/c1-11(13-10-14-7-8-15-13)9-12-5-3-2-4-6-12/h2-8,10-11H,9H2,1H3. The maximum absolute atomic E-state index is 4.31.